The van der Waals surface area contributed by atoms with Crippen molar-refractivity contribution in [2.45, 2.75) is 128 Å². The third-order valence-corrected chi connectivity index (χ3v) is 12.5. The van der Waals surface area contributed by atoms with Gasteiger partial charge in [0.2, 0.25) is 0 Å². The maximum Gasteiger partial charge on any atom is 0.303 e. The van der Waals surface area contributed by atoms with Gasteiger partial charge in [0, 0.05) is 18.4 Å². The molecule has 0 aliphatic heterocycles. The SMILES string of the molecule is CC(C)(C)[Si](C)(C)O[C@@H](CCC1=CC[C@H](O)[C@@H]1C/C=C\CCCC(=O)O)C1CCCCC1. The minimum absolute atomic E-state index is 0.200. The van der Waals surface area contributed by atoms with Gasteiger partial charge in [-0.3, -0.25) is 4.79 Å². The van der Waals surface area contributed by atoms with Crippen LogP contribution < -0.4 is 0 Å². The van der Waals surface area contributed by atoms with Crippen molar-refractivity contribution in [2.75, 3.05) is 0 Å². The van der Waals surface area contributed by atoms with Crippen LogP contribution in [-0.4, -0.2) is 36.7 Å². The van der Waals surface area contributed by atoms with Crippen LogP contribution in [0.3, 0.4) is 0 Å². The maximum atomic E-state index is 10.6. The molecule has 0 bridgehead atoms. The van der Waals surface area contributed by atoms with E-state index >= 15 is 0 Å². The molecule has 2 aliphatic carbocycles. The summed E-state index contributed by atoms with van der Waals surface area (Å²) in [7, 11) is -1.82. The van der Waals surface area contributed by atoms with Gasteiger partial charge >= 0.3 is 5.97 Å². The lowest BCUT2D eigenvalue weighted by atomic mass is 9.82. The van der Waals surface area contributed by atoms with E-state index < -0.39 is 14.3 Å². The van der Waals surface area contributed by atoms with Crippen LogP contribution in [0, 0.1) is 11.8 Å². The van der Waals surface area contributed by atoms with Crippen LogP contribution in [0.4, 0.5) is 0 Å². The van der Waals surface area contributed by atoms with Crippen LogP contribution in [0.2, 0.25) is 18.1 Å². The highest BCUT2D eigenvalue weighted by Gasteiger charge is 2.41. The molecule has 184 valence electrons. The second kappa shape index (κ2) is 12.5. The van der Waals surface area contributed by atoms with Crippen molar-refractivity contribution in [2.24, 2.45) is 11.8 Å². The Morgan fingerprint density at radius 1 is 1.22 bits per heavy atom. The normalized spacial score (nSPS) is 24.1. The molecule has 0 radical (unpaired) electrons. The van der Waals surface area contributed by atoms with Gasteiger partial charge in [-0.1, -0.05) is 63.8 Å². The Bertz CT molecular complexity index is 641. The molecule has 3 atom stereocenters. The predicted octanol–water partition coefficient (Wildman–Crippen LogP) is 7.25. The highest BCUT2D eigenvalue weighted by atomic mass is 28.4. The molecule has 2 rings (SSSR count). The minimum Gasteiger partial charge on any atom is -0.481 e. The second-order valence-electron chi connectivity index (χ2n) is 11.5. The zero-order chi connectivity index (χ0) is 23.8. The third-order valence-electron chi connectivity index (χ3n) is 8.03. The van der Waals surface area contributed by atoms with Crippen LogP contribution in [-0.2, 0) is 9.22 Å². The largest absolute Gasteiger partial charge is 0.481 e. The summed E-state index contributed by atoms with van der Waals surface area (Å²) < 4.78 is 7.00. The molecule has 0 aromatic rings. The van der Waals surface area contributed by atoms with Crippen molar-refractivity contribution >= 4 is 14.3 Å². The van der Waals surface area contributed by atoms with Crippen molar-refractivity contribution in [3.63, 3.8) is 0 Å². The number of carboxylic acids is 1. The summed E-state index contributed by atoms with van der Waals surface area (Å²) in [6.45, 7) is 11.7. The van der Waals surface area contributed by atoms with Crippen LogP contribution in [0.15, 0.2) is 23.8 Å². The molecular formula is C27H48O4Si. The smallest absolute Gasteiger partial charge is 0.303 e. The lowest BCUT2D eigenvalue weighted by Crippen LogP contribution is -2.46. The van der Waals surface area contributed by atoms with Gasteiger partial charge in [-0.2, -0.15) is 0 Å². The monoisotopic (exact) mass is 464 g/mol. The summed E-state index contributed by atoms with van der Waals surface area (Å²) in [5.41, 5.74) is 1.40. The summed E-state index contributed by atoms with van der Waals surface area (Å²) in [5.74, 6) is 0.144. The molecule has 0 aromatic carbocycles. The van der Waals surface area contributed by atoms with Gasteiger partial charge in [-0.05, 0) is 75.4 Å². The Hall–Kier alpha value is -0.913. The Kier molecular flexibility index (Phi) is 10.7. The number of hydrogen-bond acceptors (Lipinski definition) is 3. The van der Waals surface area contributed by atoms with E-state index in [9.17, 15) is 9.90 Å². The lowest BCUT2D eigenvalue weighted by Gasteiger charge is -2.42. The van der Waals surface area contributed by atoms with Gasteiger partial charge in [0.15, 0.2) is 8.32 Å². The van der Waals surface area contributed by atoms with E-state index in [1.165, 1.54) is 37.7 Å². The van der Waals surface area contributed by atoms with Gasteiger partial charge in [-0.15, -0.1) is 0 Å². The van der Waals surface area contributed by atoms with Crippen LogP contribution in [0.1, 0.15) is 97.8 Å². The average Bonchev–Trinajstić information content (AvgIpc) is 3.07. The fourth-order valence-corrected chi connectivity index (χ4v) is 6.34. The highest BCUT2D eigenvalue weighted by molar-refractivity contribution is 6.74. The number of carbonyl (C=O) groups is 1. The first-order valence-electron chi connectivity index (χ1n) is 12.9. The van der Waals surface area contributed by atoms with Crippen molar-refractivity contribution in [3.8, 4) is 0 Å². The molecule has 0 spiro atoms. The molecule has 2 N–H and O–H groups in total. The standard InChI is InChI=1S/C27H48O4Si/c1-27(2,3)32(4,5)31-25(22-13-9-8-10-14-22)20-18-21-17-19-24(28)23(21)15-11-6-7-12-16-26(29)30/h6,11,17,22-25,28H,7-10,12-16,18-20H2,1-5H3,(H,29,30)/b11-6-/t23-,24+,25+/m1/s1. The first kappa shape index (κ1) is 27.3. The fraction of sp³-hybridized carbons (Fsp3) is 0.815. The number of aliphatic hydroxyl groups excluding tert-OH is 1. The molecule has 0 aromatic heterocycles. The first-order valence-corrected chi connectivity index (χ1v) is 15.8. The Morgan fingerprint density at radius 2 is 1.91 bits per heavy atom. The third kappa shape index (κ3) is 8.46. The van der Waals surface area contributed by atoms with E-state index in [0.717, 1.165) is 32.1 Å². The molecule has 1 fully saturated rings. The van der Waals surface area contributed by atoms with E-state index in [0.29, 0.717) is 18.4 Å². The molecule has 32 heavy (non-hydrogen) atoms. The number of aliphatic hydroxyl groups is 1. The molecule has 4 nitrogen and oxygen atoms in total. The number of carboxylic acid groups (broad SMARTS) is 1. The van der Waals surface area contributed by atoms with Crippen LogP contribution in [0.5, 0.6) is 0 Å². The molecule has 1 saturated carbocycles. The van der Waals surface area contributed by atoms with Gasteiger partial charge in [0.05, 0.1) is 6.10 Å². The van der Waals surface area contributed by atoms with Gasteiger partial charge < -0.3 is 14.6 Å². The van der Waals surface area contributed by atoms with Crippen molar-refractivity contribution in [1.29, 1.82) is 0 Å². The fourth-order valence-electron chi connectivity index (χ4n) is 4.92. The molecule has 0 amide bonds. The summed E-state index contributed by atoms with van der Waals surface area (Å²) in [5, 5.41) is 19.5. The summed E-state index contributed by atoms with van der Waals surface area (Å²) in [6, 6.07) is 0. The number of unbranched alkanes of at least 4 members (excludes halogenated alkanes) is 1. The second-order valence-corrected chi connectivity index (χ2v) is 16.3. The number of allylic oxidation sites excluding steroid dienone is 2. The van der Waals surface area contributed by atoms with Crippen molar-refractivity contribution in [3.05, 3.63) is 23.8 Å². The van der Waals surface area contributed by atoms with E-state index in [2.05, 4.69) is 52.1 Å². The Balaban J connectivity index is 1.95. The van der Waals surface area contributed by atoms with Crippen molar-refractivity contribution in [1.82, 2.24) is 0 Å². The minimum atomic E-state index is -1.82. The molecule has 0 saturated heterocycles. The van der Waals surface area contributed by atoms with Crippen LogP contribution in [0.25, 0.3) is 0 Å². The summed E-state index contributed by atoms with van der Waals surface area (Å²) >= 11 is 0. The predicted molar refractivity (Wildman–Crippen MR) is 135 cm³/mol. The average molecular weight is 465 g/mol. The number of aliphatic carboxylic acids is 1. The van der Waals surface area contributed by atoms with E-state index in [-0.39, 0.29) is 23.5 Å². The number of rotatable bonds is 12. The van der Waals surface area contributed by atoms with E-state index in [1.807, 2.05) is 0 Å². The van der Waals surface area contributed by atoms with Crippen molar-refractivity contribution < 1.29 is 19.4 Å². The van der Waals surface area contributed by atoms with Crippen LogP contribution >= 0.6 is 0 Å². The molecule has 0 heterocycles. The Morgan fingerprint density at radius 3 is 2.53 bits per heavy atom. The molecule has 0 unspecified atom stereocenters. The topological polar surface area (TPSA) is 66.8 Å². The van der Waals surface area contributed by atoms with Gasteiger partial charge in [0.1, 0.15) is 0 Å². The maximum absolute atomic E-state index is 10.6. The lowest BCUT2D eigenvalue weighted by molar-refractivity contribution is -0.137. The summed E-state index contributed by atoms with van der Waals surface area (Å²) in [4.78, 5) is 10.6. The zero-order valence-electron chi connectivity index (χ0n) is 21.2. The Labute approximate surface area is 197 Å². The first-order chi connectivity index (χ1) is 15.0. The zero-order valence-corrected chi connectivity index (χ0v) is 22.2. The molecular weight excluding hydrogens is 416 g/mol. The van der Waals surface area contributed by atoms with Gasteiger partial charge in [0.25, 0.3) is 0 Å². The highest BCUT2D eigenvalue weighted by Crippen LogP contribution is 2.42. The van der Waals surface area contributed by atoms with Gasteiger partial charge in [-0.25, -0.2) is 0 Å². The molecule has 5 heteroatoms. The molecule has 2 aliphatic rings. The van der Waals surface area contributed by atoms with E-state index in [1.54, 1.807) is 0 Å². The number of hydrogen-bond donors (Lipinski definition) is 2. The summed E-state index contributed by atoms with van der Waals surface area (Å²) in [6.07, 6.45) is 18.5. The van der Waals surface area contributed by atoms with E-state index in [4.69, 9.17) is 9.53 Å². The quantitative estimate of drug-likeness (QED) is 0.181.